The zero-order valence-corrected chi connectivity index (χ0v) is 19.9. The minimum atomic E-state index is 0. The van der Waals surface area contributed by atoms with Gasteiger partial charge in [-0.05, 0) is 63.2 Å². The van der Waals surface area contributed by atoms with Gasteiger partial charge >= 0.3 is 0 Å². The lowest BCUT2D eigenvalue weighted by atomic mass is 10.0. The van der Waals surface area contributed by atoms with Crippen LogP contribution in [0.15, 0.2) is 27.8 Å². The zero-order chi connectivity index (χ0) is 19.4. The minimum Gasteiger partial charge on any atom is -0.468 e. The average molecular weight is 520 g/mol. The molecule has 1 unspecified atom stereocenters. The Morgan fingerprint density at radius 1 is 1.28 bits per heavy atom. The third-order valence-electron chi connectivity index (χ3n) is 5.59. The van der Waals surface area contributed by atoms with Gasteiger partial charge in [0.15, 0.2) is 5.96 Å². The van der Waals surface area contributed by atoms with Gasteiger partial charge in [0.05, 0.1) is 12.3 Å². The van der Waals surface area contributed by atoms with E-state index in [1.807, 2.05) is 13.1 Å². The highest BCUT2D eigenvalue weighted by atomic mass is 127. The van der Waals surface area contributed by atoms with E-state index < -0.39 is 0 Å². The summed E-state index contributed by atoms with van der Waals surface area (Å²) in [7, 11) is 1.81. The van der Waals surface area contributed by atoms with Crippen LogP contribution in [0.5, 0.6) is 0 Å². The lowest BCUT2D eigenvalue weighted by Crippen LogP contribution is -2.43. The maximum Gasteiger partial charge on any atom is 0.191 e. The number of guanidine groups is 1. The number of hydrogen-bond donors (Lipinski definition) is 2. The summed E-state index contributed by atoms with van der Waals surface area (Å²) in [4.78, 5) is 6.84. The number of furan rings is 1. The van der Waals surface area contributed by atoms with E-state index >= 15 is 0 Å². The van der Waals surface area contributed by atoms with Crippen LogP contribution in [0.25, 0.3) is 0 Å². The first-order valence-electron chi connectivity index (χ1n) is 10.7. The van der Waals surface area contributed by atoms with Crippen molar-refractivity contribution in [1.29, 1.82) is 0 Å². The van der Waals surface area contributed by atoms with Crippen LogP contribution < -0.4 is 10.6 Å². The van der Waals surface area contributed by atoms with Gasteiger partial charge in [-0.15, -0.1) is 24.0 Å². The molecule has 0 aromatic carbocycles. The molecule has 2 aliphatic rings. The van der Waals surface area contributed by atoms with Crippen LogP contribution in [0, 0.1) is 5.92 Å². The Labute approximate surface area is 192 Å². The van der Waals surface area contributed by atoms with Crippen LogP contribution in [-0.4, -0.2) is 70.5 Å². The van der Waals surface area contributed by atoms with Gasteiger partial charge in [0.25, 0.3) is 0 Å². The summed E-state index contributed by atoms with van der Waals surface area (Å²) in [5.74, 6) is 2.52. The number of hydrogen-bond acceptors (Lipinski definition) is 5. The molecule has 29 heavy (non-hydrogen) atoms. The normalized spacial score (nSPS) is 19.7. The van der Waals surface area contributed by atoms with Crippen molar-refractivity contribution in [1.82, 2.24) is 15.5 Å². The van der Waals surface area contributed by atoms with Crippen molar-refractivity contribution in [2.75, 3.05) is 59.7 Å². The molecule has 1 aromatic heterocycles. The van der Waals surface area contributed by atoms with Gasteiger partial charge < -0.3 is 24.5 Å². The van der Waals surface area contributed by atoms with Crippen LogP contribution in [0.2, 0.25) is 0 Å². The molecule has 0 radical (unpaired) electrons. The maximum atomic E-state index is 5.83. The van der Waals surface area contributed by atoms with E-state index in [0.29, 0.717) is 5.92 Å². The van der Waals surface area contributed by atoms with E-state index in [0.717, 1.165) is 83.6 Å². The third-order valence-corrected chi connectivity index (χ3v) is 5.59. The van der Waals surface area contributed by atoms with Gasteiger partial charge in [-0.1, -0.05) is 0 Å². The number of nitrogens with zero attached hydrogens (tertiary/aromatic N) is 2. The van der Waals surface area contributed by atoms with Crippen molar-refractivity contribution in [2.24, 2.45) is 10.9 Å². The van der Waals surface area contributed by atoms with Gasteiger partial charge in [-0.25, -0.2) is 0 Å². The SMILES string of the molecule is CN=C(NCCCOCC1CCOCC1)NCC(c1ccco1)N1CCCC1.I. The molecule has 3 rings (SSSR count). The Kier molecular flexibility index (Phi) is 12.0. The number of nitrogens with one attached hydrogen (secondary N) is 2. The number of ether oxygens (including phenoxy) is 2. The molecule has 0 spiro atoms. The Morgan fingerprint density at radius 2 is 2.07 bits per heavy atom. The Morgan fingerprint density at radius 3 is 2.76 bits per heavy atom. The monoisotopic (exact) mass is 520 g/mol. The lowest BCUT2D eigenvalue weighted by Gasteiger charge is -2.26. The molecule has 2 fully saturated rings. The molecule has 2 N–H and O–H groups in total. The summed E-state index contributed by atoms with van der Waals surface area (Å²) in [6.07, 6.45) is 7.50. The standard InChI is InChI=1S/C21H36N4O3.HI/c1-22-21(23-9-5-12-27-17-18-7-14-26-15-8-18)24-16-19(20-6-4-13-28-20)25-10-2-3-11-25;/h4,6,13,18-19H,2-3,5,7-12,14-17H2,1H3,(H2,22,23,24);1H. The van der Waals surface area contributed by atoms with Crippen molar-refractivity contribution in [3.05, 3.63) is 24.2 Å². The predicted octanol–water partition coefficient (Wildman–Crippen LogP) is 3.03. The maximum absolute atomic E-state index is 5.83. The quantitative estimate of drug-likeness (QED) is 0.214. The fourth-order valence-corrected chi connectivity index (χ4v) is 3.90. The van der Waals surface area contributed by atoms with E-state index in [1.165, 1.54) is 12.8 Å². The lowest BCUT2D eigenvalue weighted by molar-refractivity contribution is 0.0203. The summed E-state index contributed by atoms with van der Waals surface area (Å²) in [6, 6.07) is 4.28. The molecule has 0 amide bonds. The highest BCUT2D eigenvalue weighted by Crippen LogP contribution is 2.24. The molecule has 0 saturated carbocycles. The molecule has 8 heteroatoms. The molecule has 0 bridgehead atoms. The molecule has 2 aliphatic heterocycles. The van der Waals surface area contributed by atoms with Crippen LogP contribution in [0.3, 0.4) is 0 Å². The second-order valence-electron chi connectivity index (χ2n) is 7.64. The molecule has 0 aliphatic carbocycles. The van der Waals surface area contributed by atoms with Crippen molar-refractivity contribution in [3.8, 4) is 0 Å². The van der Waals surface area contributed by atoms with E-state index in [4.69, 9.17) is 13.9 Å². The van der Waals surface area contributed by atoms with Gasteiger partial charge in [0.1, 0.15) is 5.76 Å². The van der Waals surface area contributed by atoms with E-state index in [1.54, 1.807) is 6.26 Å². The molecule has 7 nitrogen and oxygen atoms in total. The summed E-state index contributed by atoms with van der Waals surface area (Å²) >= 11 is 0. The van der Waals surface area contributed by atoms with Crippen LogP contribution in [0.4, 0.5) is 0 Å². The van der Waals surface area contributed by atoms with Gasteiger partial charge in [-0.3, -0.25) is 9.89 Å². The van der Waals surface area contributed by atoms with E-state index in [2.05, 4.69) is 26.6 Å². The zero-order valence-electron chi connectivity index (χ0n) is 17.6. The minimum absolute atomic E-state index is 0. The number of rotatable bonds is 10. The molecule has 2 saturated heterocycles. The summed E-state index contributed by atoms with van der Waals surface area (Å²) < 4.78 is 16.9. The molecular formula is C21H37IN4O3. The fraction of sp³-hybridized carbons (Fsp3) is 0.762. The van der Waals surface area contributed by atoms with Crippen LogP contribution in [0.1, 0.15) is 43.9 Å². The van der Waals surface area contributed by atoms with Gasteiger partial charge in [-0.2, -0.15) is 0 Å². The van der Waals surface area contributed by atoms with Crippen molar-refractivity contribution in [3.63, 3.8) is 0 Å². The van der Waals surface area contributed by atoms with Crippen molar-refractivity contribution >= 4 is 29.9 Å². The first-order chi connectivity index (χ1) is 13.9. The van der Waals surface area contributed by atoms with E-state index in [9.17, 15) is 0 Å². The highest BCUT2D eigenvalue weighted by molar-refractivity contribution is 14.0. The number of likely N-dealkylation sites (tertiary alicyclic amines) is 1. The third kappa shape index (κ3) is 8.43. The number of aliphatic imine (C=N–C) groups is 1. The largest absolute Gasteiger partial charge is 0.468 e. The Bertz CT molecular complexity index is 558. The molecule has 1 aromatic rings. The van der Waals surface area contributed by atoms with Gasteiger partial charge in [0, 0.05) is 46.6 Å². The molecule has 166 valence electrons. The number of halogens is 1. The van der Waals surface area contributed by atoms with Gasteiger partial charge in [0.2, 0.25) is 0 Å². The van der Waals surface area contributed by atoms with Crippen molar-refractivity contribution < 1.29 is 13.9 Å². The van der Waals surface area contributed by atoms with Crippen LogP contribution >= 0.6 is 24.0 Å². The molecule has 3 heterocycles. The van der Waals surface area contributed by atoms with E-state index in [-0.39, 0.29) is 30.0 Å². The van der Waals surface area contributed by atoms with Crippen molar-refractivity contribution in [2.45, 2.75) is 38.1 Å². The van der Waals surface area contributed by atoms with Crippen LogP contribution in [-0.2, 0) is 9.47 Å². The Balaban J connectivity index is 0.00000300. The Hall–Kier alpha value is -0.840. The second kappa shape index (κ2) is 14.2. The predicted molar refractivity (Wildman–Crippen MR) is 126 cm³/mol. The molecule has 1 atom stereocenters. The summed E-state index contributed by atoms with van der Waals surface area (Å²) in [6.45, 7) is 7.30. The summed E-state index contributed by atoms with van der Waals surface area (Å²) in [5, 5.41) is 6.85. The first-order valence-corrected chi connectivity index (χ1v) is 10.7. The average Bonchev–Trinajstić information content (AvgIpc) is 3.45. The highest BCUT2D eigenvalue weighted by Gasteiger charge is 2.25. The summed E-state index contributed by atoms with van der Waals surface area (Å²) in [5.41, 5.74) is 0. The topological polar surface area (TPSA) is 71.3 Å². The first kappa shape index (κ1) is 24.4. The fourth-order valence-electron chi connectivity index (χ4n) is 3.90. The molecular weight excluding hydrogens is 483 g/mol. The smallest absolute Gasteiger partial charge is 0.191 e. The second-order valence-corrected chi connectivity index (χ2v) is 7.64.